The van der Waals surface area contributed by atoms with Gasteiger partial charge in [-0.25, -0.2) is 0 Å². The summed E-state index contributed by atoms with van der Waals surface area (Å²) in [6, 6.07) is 120. The molecule has 0 radical (unpaired) electrons. The molecule has 0 saturated carbocycles. The molecule has 0 atom stereocenters. The van der Waals surface area contributed by atoms with Gasteiger partial charge in [-0.05, 0) is 168 Å². The summed E-state index contributed by atoms with van der Waals surface area (Å²) in [7, 11) is 0. The Bertz CT molecular complexity index is 4770. The van der Waals surface area contributed by atoms with Gasteiger partial charge in [-0.1, -0.05) is 243 Å². The van der Waals surface area contributed by atoms with Crippen LogP contribution in [-0.4, -0.2) is 4.57 Å². The summed E-state index contributed by atoms with van der Waals surface area (Å²) in [5, 5.41) is 4.89. The lowest BCUT2D eigenvalue weighted by atomic mass is 9.91. The van der Waals surface area contributed by atoms with Crippen molar-refractivity contribution < 1.29 is 0 Å². The van der Waals surface area contributed by atoms with Crippen molar-refractivity contribution in [1.29, 1.82) is 0 Å². The smallest absolute Gasteiger partial charge is 0.0547 e. The van der Waals surface area contributed by atoms with Crippen molar-refractivity contribution in [2.45, 2.75) is 0 Å². The van der Waals surface area contributed by atoms with E-state index in [4.69, 9.17) is 0 Å². The van der Waals surface area contributed by atoms with E-state index in [1.54, 1.807) is 0 Å². The van der Waals surface area contributed by atoms with Crippen molar-refractivity contribution in [3.63, 3.8) is 0 Å². The van der Waals surface area contributed by atoms with E-state index in [-0.39, 0.29) is 0 Å². The van der Waals surface area contributed by atoms with Gasteiger partial charge in [-0.2, -0.15) is 0 Å². The third kappa shape index (κ3) is 9.39. The Balaban J connectivity index is 0.916. The van der Waals surface area contributed by atoms with Gasteiger partial charge in [0.15, 0.2) is 0 Å². The number of hydrogen-bond donors (Lipinski definition) is 0. The Morgan fingerprint density at radius 3 is 1.27 bits per heavy atom. The summed E-state index contributed by atoms with van der Waals surface area (Å²) < 4.78 is 2.46. The number of anilines is 3. The van der Waals surface area contributed by atoms with Gasteiger partial charge >= 0.3 is 0 Å². The van der Waals surface area contributed by atoms with Crippen LogP contribution in [0.5, 0.6) is 0 Å². The van der Waals surface area contributed by atoms with Gasteiger partial charge in [0, 0.05) is 43.2 Å². The number of thiophene rings is 1. The number of nitrogens with zero attached hydrogens (tertiary/aromatic N) is 2. The fourth-order valence-electron chi connectivity index (χ4n) is 12.2. The van der Waals surface area contributed by atoms with Gasteiger partial charge in [0.1, 0.15) is 0 Å². The highest BCUT2D eigenvalue weighted by atomic mass is 32.1. The maximum absolute atomic E-state index is 2.46. The first-order valence-corrected chi connectivity index (χ1v) is 29.2. The summed E-state index contributed by atoms with van der Waals surface area (Å²) in [5.74, 6) is 0. The Labute approximate surface area is 488 Å². The molecule has 0 aliphatic rings. The lowest BCUT2D eigenvalue weighted by Crippen LogP contribution is -2.10. The zero-order valence-electron chi connectivity index (χ0n) is 45.5. The molecule has 83 heavy (non-hydrogen) atoms. The highest BCUT2D eigenvalue weighted by molar-refractivity contribution is 7.18. The summed E-state index contributed by atoms with van der Waals surface area (Å²) in [4.78, 5) is 4.93. The Morgan fingerprint density at radius 1 is 0.241 bits per heavy atom. The fourth-order valence-corrected chi connectivity index (χ4v) is 13.3. The number of fused-ring (bicyclic) bond motifs is 4. The second-order valence-corrected chi connectivity index (χ2v) is 22.3. The normalized spacial score (nSPS) is 11.4. The highest BCUT2D eigenvalue weighted by Gasteiger charge is 2.21. The predicted molar refractivity (Wildman–Crippen MR) is 354 cm³/mol. The van der Waals surface area contributed by atoms with Crippen LogP contribution in [0.25, 0.3) is 126 Å². The topological polar surface area (TPSA) is 8.17 Å². The minimum Gasteiger partial charge on any atom is -0.310 e. The molecular weight excluding hydrogens is 1020 g/mol. The van der Waals surface area contributed by atoms with Crippen LogP contribution in [0.4, 0.5) is 17.1 Å². The Kier molecular flexibility index (Phi) is 12.8. The molecule has 13 aromatic carbocycles. The Hall–Kier alpha value is -10.6. The van der Waals surface area contributed by atoms with E-state index in [9.17, 15) is 0 Å². The lowest BCUT2D eigenvalue weighted by molar-refractivity contribution is 1.19. The van der Waals surface area contributed by atoms with Crippen LogP contribution in [0.2, 0.25) is 0 Å². The number of para-hydroxylation sites is 2. The fraction of sp³-hybridized carbons (Fsp3) is 0. The monoisotopic (exact) mass is 1070 g/mol. The van der Waals surface area contributed by atoms with E-state index >= 15 is 0 Å². The largest absolute Gasteiger partial charge is 0.310 e. The summed E-state index contributed by atoms with van der Waals surface area (Å²) >= 11 is 1.83. The van der Waals surface area contributed by atoms with E-state index in [1.807, 2.05) is 11.3 Å². The lowest BCUT2D eigenvalue weighted by Gasteiger charge is -2.27. The van der Waals surface area contributed by atoms with Crippen LogP contribution in [0.1, 0.15) is 0 Å². The van der Waals surface area contributed by atoms with Crippen molar-refractivity contribution in [3.05, 3.63) is 328 Å². The standard InChI is InChI=1S/C80H54N2S/c1-4-20-55(21-5-1)61-27-18-28-62(50-61)65-52-66(63-29-19-30-64(51-63)71-32-13-12-31-70(71)56-22-6-2-7-23-56)54-69(53-65)81(67-43-38-59(39-44-67)79-49-48-78(83-79)58-25-8-3-9-26-58)68-45-40-60(41-46-68)80-72-33-11-10-24-57(72)42-47-77(80)82-75-36-16-14-34-73(75)74-35-15-17-37-76(74)82/h1-54H. The van der Waals surface area contributed by atoms with Gasteiger partial charge in [-0.3, -0.25) is 0 Å². The van der Waals surface area contributed by atoms with Gasteiger partial charge in [0.05, 0.1) is 16.7 Å². The molecule has 390 valence electrons. The minimum absolute atomic E-state index is 1.05. The molecule has 0 N–H and O–H groups in total. The molecule has 15 rings (SSSR count). The third-order valence-electron chi connectivity index (χ3n) is 16.2. The first-order valence-electron chi connectivity index (χ1n) is 28.4. The molecule has 0 unspecified atom stereocenters. The van der Waals surface area contributed by atoms with Crippen LogP contribution < -0.4 is 4.90 Å². The van der Waals surface area contributed by atoms with Crippen LogP contribution in [0, 0.1) is 0 Å². The first-order chi connectivity index (χ1) is 41.1. The molecule has 0 amide bonds. The molecule has 2 heterocycles. The number of hydrogen-bond acceptors (Lipinski definition) is 2. The molecular formula is C80H54N2S. The molecule has 3 heteroatoms. The second-order valence-electron chi connectivity index (χ2n) is 21.2. The van der Waals surface area contributed by atoms with Gasteiger partial charge in [0.2, 0.25) is 0 Å². The maximum atomic E-state index is 2.46. The molecule has 15 aromatic rings. The second kappa shape index (κ2) is 21.5. The molecule has 2 aromatic heterocycles. The van der Waals surface area contributed by atoms with E-state index < -0.39 is 0 Å². The molecule has 2 nitrogen and oxygen atoms in total. The van der Waals surface area contributed by atoms with Crippen molar-refractivity contribution >= 4 is 61.0 Å². The third-order valence-corrected chi connectivity index (χ3v) is 17.4. The molecule has 0 saturated heterocycles. The minimum atomic E-state index is 1.05. The number of aromatic nitrogens is 1. The molecule has 0 bridgehead atoms. The summed E-state index contributed by atoms with van der Waals surface area (Å²) in [6.07, 6.45) is 0. The predicted octanol–water partition coefficient (Wildman–Crippen LogP) is 22.8. The molecule has 0 fully saturated rings. The molecule has 0 aliphatic carbocycles. The van der Waals surface area contributed by atoms with Gasteiger partial charge in [0.25, 0.3) is 0 Å². The average molecular weight is 1080 g/mol. The Morgan fingerprint density at radius 2 is 0.663 bits per heavy atom. The average Bonchev–Trinajstić information content (AvgIpc) is 3.67. The van der Waals surface area contributed by atoms with Crippen molar-refractivity contribution in [2.24, 2.45) is 0 Å². The van der Waals surface area contributed by atoms with Gasteiger partial charge in [-0.15, -0.1) is 11.3 Å². The summed E-state index contributed by atoms with van der Waals surface area (Å²) in [6.45, 7) is 0. The van der Waals surface area contributed by atoms with E-state index in [2.05, 4.69) is 337 Å². The van der Waals surface area contributed by atoms with Crippen molar-refractivity contribution in [3.8, 4) is 93.3 Å². The number of rotatable bonds is 12. The maximum Gasteiger partial charge on any atom is 0.0547 e. The molecule has 0 aliphatic heterocycles. The highest BCUT2D eigenvalue weighted by Crippen LogP contribution is 2.46. The first kappa shape index (κ1) is 49.5. The van der Waals surface area contributed by atoms with Crippen LogP contribution in [0.3, 0.4) is 0 Å². The van der Waals surface area contributed by atoms with Crippen molar-refractivity contribution in [1.82, 2.24) is 4.57 Å². The zero-order valence-corrected chi connectivity index (χ0v) is 46.3. The van der Waals surface area contributed by atoms with E-state index in [0.717, 1.165) is 50.6 Å². The SMILES string of the molecule is c1ccc(-c2cccc(-c3cc(-c4cccc(-c5ccccc5-c5ccccc5)c4)cc(N(c4ccc(-c5ccc(-c6ccccc6)s5)cc4)c4ccc(-c5c(-n6c7ccccc7c7ccccc76)ccc6ccccc56)cc4)c3)c2)cc1. The summed E-state index contributed by atoms with van der Waals surface area (Å²) in [5.41, 5.74) is 23.1. The zero-order chi connectivity index (χ0) is 55.1. The van der Waals surface area contributed by atoms with Crippen LogP contribution in [-0.2, 0) is 0 Å². The van der Waals surface area contributed by atoms with Crippen LogP contribution in [0.15, 0.2) is 328 Å². The van der Waals surface area contributed by atoms with E-state index in [0.29, 0.717) is 0 Å². The van der Waals surface area contributed by atoms with Gasteiger partial charge < -0.3 is 9.47 Å². The van der Waals surface area contributed by atoms with Crippen molar-refractivity contribution in [2.75, 3.05) is 4.90 Å². The van der Waals surface area contributed by atoms with E-state index in [1.165, 1.54) is 92.4 Å². The molecule has 0 spiro atoms. The quantitative estimate of drug-likeness (QED) is 0.118. The number of benzene rings is 13. The van der Waals surface area contributed by atoms with Crippen LogP contribution >= 0.6 is 11.3 Å².